The van der Waals surface area contributed by atoms with Gasteiger partial charge in [-0.25, -0.2) is 4.98 Å². The molecule has 2 heterocycles. The quantitative estimate of drug-likeness (QED) is 0.454. The molecule has 142 valence electrons. The summed E-state index contributed by atoms with van der Waals surface area (Å²) in [5.74, 6) is 0.524. The topological polar surface area (TPSA) is 49.9 Å². The summed E-state index contributed by atoms with van der Waals surface area (Å²) in [6, 6.07) is 16.3. The first kappa shape index (κ1) is 17.9. The van der Waals surface area contributed by atoms with E-state index in [0.29, 0.717) is 17.1 Å². The molecule has 0 unspecified atom stereocenters. The van der Waals surface area contributed by atoms with Crippen molar-refractivity contribution in [2.45, 2.75) is 6.18 Å². The van der Waals surface area contributed by atoms with Crippen molar-refractivity contribution >= 4 is 22.4 Å². The van der Waals surface area contributed by atoms with E-state index in [2.05, 4.69) is 15.3 Å². The number of halogens is 3. The molecule has 0 aliphatic carbocycles. The number of anilines is 2. The Bertz CT molecular complexity index is 1100. The minimum atomic E-state index is -4.40. The molecule has 7 heteroatoms. The van der Waals surface area contributed by atoms with Gasteiger partial charge < -0.3 is 15.0 Å². The highest BCUT2D eigenvalue weighted by Gasteiger charge is 2.30. The van der Waals surface area contributed by atoms with Gasteiger partial charge in [0.05, 0.1) is 18.4 Å². The van der Waals surface area contributed by atoms with Crippen molar-refractivity contribution in [3.05, 3.63) is 72.4 Å². The number of rotatable bonds is 4. The van der Waals surface area contributed by atoms with Gasteiger partial charge in [-0.3, -0.25) is 0 Å². The van der Waals surface area contributed by atoms with Crippen LogP contribution in [0.1, 0.15) is 5.56 Å². The molecule has 0 atom stereocenters. The number of H-pyrrole nitrogens is 1. The van der Waals surface area contributed by atoms with Crippen molar-refractivity contribution < 1.29 is 17.9 Å². The zero-order valence-electron chi connectivity index (χ0n) is 14.8. The highest BCUT2D eigenvalue weighted by Crippen LogP contribution is 2.35. The molecule has 4 nitrogen and oxygen atoms in total. The number of nitrogens with zero attached hydrogens (tertiary/aromatic N) is 1. The monoisotopic (exact) mass is 383 g/mol. The molecule has 4 aromatic rings. The summed E-state index contributed by atoms with van der Waals surface area (Å²) >= 11 is 0. The van der Waals surface area contributed by atoms with E-state index in [9.17, 15) is 13.2 Å². The summed E-state index contributed by atoms with van der Waals surface area (Å²) in [5, 5.41) is 4.00. The minimum absolute atomic E-state index is 0.323. The molecule has 0 saturated carbocycles. The number of nitrogens with one attached hydrogen (secondary N) is 2. The molecule has 0 saturated heterocycles. The molecule has 4 rings (SSSR count). The molecule has 0 radical (unpaired) electrons. The molecule has 0 aliphatic rings. The number of fused-ring (bicyclic) bond motifs is 1. The summed E-state index contributed by atoms with van der Waals surface area (Å²) < 4.78 is 44.3. The van der Waals surface area contributed by atoms with E-state index in [0.717, 1.165) is 34.4 Å². The van der Waals surface area contributed by atoms with Crippen LogP contribution in [-0.2, 0) is 6.18 Å². The maximum Gasteiger partial charge on any atom is 0.416 e. The van der Waals surface area contributed by atoms with Gasteiger partial charge in [0.25, 0.3) is 0 Å². The molecule has 0 spiro atoms. The Labute approximate surface area is 159 Å². The molecule has 0 aliphatic heterocycles. The smallest absolute Gasteiger partial charge is 0.416 e. The third kappa shape index (κ3) is 3.51. The second-order valence-electron chi connectivity index (χ2n) is 6.24. The predicted octanol–water partition coefficient (Wildman–Crippen LogP) is 6.00. The van der Waals surface area contributed by atoms with Crippen molar-refractivity contribution in [2.24, 2.45) is 0 Å². The molecule has 0 amide bonds. The number of benzene rings is 2. The molecule has 0 fully saturated rings. The third-order valence-corrected chi connectivity index (χ3v) is 4.37. The van der Waals surface area contributed by atoms with E-state index in [4.69, 9.17) is 4.74 Å². The van der Waals surface area contributed by atoms with Crippen LogP contribution < -0.4 is 10.1 Å². The number of ether oxygens (including phenoxy) is 1. The lowest BCUT2D eigenvalue weighted by Crippen LogP contribution is -2.05. The van der Waals surface area contributed by atoms with Crippen molar-refractivity contribution in [3.8, 4) is 17.0 Å². The lowest BCUT2D eigenvalue weighted by atomic mass is 10.1. The van der Waals surface area contributed by atoms with Crippen LogP contribution >= 0.6 is 0 Å². The standard InChI is InChI=1S/C21H16F3N3O/c1-28-19-8-7-13(17-11-14-4-3-9-25-20(14)27-17)10-18(19)26-16-6-2-5-15(12-16)21(22,23)24/h2-12,26H,1H3,(H,25,27). The average molecular weight is 383 g/mol. The summed E-state index contributed by atoms with van der Waals surface area (Å²) in [5.41, 5.74) is 2.64. The highest BCUT2D eigenvalue weighted by atomic mass is 19.4. The van der Waals surface area contributed by atoms with Crippen molar-refractivity contribution in [1.82, 2.24) is 9.97 Å². The van der Waals surface area contributed by atoms with E-state index in [-0.39, 0.29) is 0 Å². The first-order chi connectivity index (χ1) is 13.4. The zero-order valence-corrected chi connectivity index (χ0v) is 14.8. The molecule has 0 bridgehead atoms. The Kier molecular flexibility index (Phi) is 4.43. The second kappa shape index (κ2) is 6.92. The lowest BCUT2D eigenvalue weighted by molar-refractivity contribution is -0.137. The van der Waals surface area contributed by atoms with Gasteiger partial charge in [-0.15, -0.1) is 0 Å². The fraction of sp³-hybridized carbons (Fsp3) is 0.0952. The van der Waals surface area contributed by atoms with Crippen molar-refractivity contribution in [1.29, 1.82) is 0 Å². The fourth-order valence-electron chi connectivity index (χ4n) is 3.02. The van der Waals surface area contributed by atoms with Gasteiger partial charge in [0, 0.05) is 28.5 Å². The van der Waals surface area contributed by atoms with Crippen LogP contribution in [0.3, 0.4) is 0 Å². The summed E-state index contributed by atoms with van der Waals surface area (Å²) in [6.07, 6.45) is -2.70. The Morgan fingerprint density at radius 2 is 1.86 bits per heavy atom. The second-order valence-corrected chi connectivity index (χ2v) is 6.24. The Balaban J connectivity index is 1.71. The summed E-state index contributed by atoms with van der Waals surface area (Å²) in [4.78, 5) is 7.52. The van der Waals surface area contributed by atoms with E-state index in [1.807, 2.05) is 30.3 Å². The first-order valence-electron chi connectivity index (χ1n) is 8.50. The maximum absolute atomic E-state index is 13.0. The largest absolute Gasteiger partial charge is 0.495 e. The van der Waals surface area contributed by atoms with Gasteiger partial charge in [0.1, 0.15) is 11.4 Å². The van der Waals surface area contributed by atoms with E-state index in [1.165, 1.54) is 13.2 Å². The molecule has 2 aromatic carbocycles. The van der Waals surface area contributed by atoms with Crippen LogP contribution in [0.15, 0.2) is 66.9 Å². The van der Waals surface area contributed by atoms with Crippen LogP contribution in [0.2, 0.25) is 0 Å². The van der Waals surface area contributed by atoms with Gasteiger partial charge in [0.15, 0.2) is 0 Å². The zero-order chi connectivity index (χ0) is 19.7. The van der Waals surface area contributed by atoms with Gasteiger partial charge in [-0.2, -0.15) is 13.2 Å². The SMILES string of the molecule is COc1ccc(-c2cc3cccnc3[nH]2)cc1Nc1cccc(C(F)(F)F)c1. The third-order valence-electron chi connectivity index (χ3n) is 4.37. The van der Waals surface area contributed by atoms with Gasteiger partial charge in [-0.05, 0) is 54.6 Å². The number of hydrogen-bond acceptors (Lipinski definition) is 3. The van der Waals surface area contributed by atoms with Crippen LogP contribution in [-0.4, -0.2) is 17.1 Å². The van der Waals surface area contributed by atoms with Crippen LogP contribution in [0.5, 0.6) is 5.75 Å². The van der Waals surface area contributed by atoms with E-state index in [1.54, 1.807) is 18.3 Å². The number of hydrogen-bond donors (Lipinski definition) is 2. The van der Waals surface area contributed by atoms with Crippen LogP contribution in [0, 0.1) is 0 Å². The lowest BCUT2D eigenvalue weighted by Gasteiger charge is -2.14. The van der Waals surface area contributed by atoms with Crippen molar-refractivity contribution in [3.63, 3.8) is 0 Å². The fourth-order valence-corrected chi connectivity index (χ4v) is 3.02. The minimum Gasteiger partial charge on any atom is -0.495 e. The maximum atomic E-state index is 13.0. The van der Waals surface area contributed by atoms with Gasteiger partial charge in [0.2, 0.25) is 0 Å². The van der Waals surface area contributed by atoms with Crippen LogP contribution in [0.25, 0.3) is 22.3 Å². The van der Waals surface area contributed by atoms with E-state index >= 15 is 0 Å². The van der Waals surface area contributed by atoms with Gasteiger partial charge in [-0.1, -0.05) is 6.07 Å². The summed E-state index contributed by atoms with van der Waals surface area (Å²) in [6.45, 7) is 0. The van der Waals surface area contributed by atoms with Crippen molar-refractivity contribution in [2.75, 3.05) is 12.4 Å². The molecular weight excluding hydrogens is 367 g/mol. The first-order valence-corrected chi connectivity index (χ1v) is 8.50. The molecular formula is C21H16F3N3O. The Morgan fingerprint density at radius 1 is 1.00 bits per heavy atom. The highest BCUT2D eigenvalue weighted by molar-refractivity contribution is 5.84. The normalized spacial score (nSPS) is 11.6. The molecule has 2 N–H and O–H groups in total. The number of aromatic amines is 1. The Hall–Kier alpha value is -3.48. The number of aromatic nitrogens is 2. The molecule has 2 aromatic heterocycles. The van der Waals surface area contributed by atoms with Crippen LogP contribution in [0.4, 0.5) is 24.5 Å². The number of pyridine rings is 1. The molecule has 28 heavy (non-hydrogen) atoms. The van der Waals surface area contributed by atoms with Gasteiger partial charge >= 0.3 is 6.18 Å². The van der Waals surface area contributed by atoms with E-state index < -0.39 is 11.7 Å². The Morgan fingerprint density at radius 3 is 2.61 bits per heavy atom. The number of methoxy groups -OCH3 is 1. The number of alkyl halides is 3. The summed E-state index contributed by atoms with van der Waals surface area (Å²) in [7, 11) is 1.51. The average Bonchev–Trinajstić information content (AvgIpc) is 3.12. The predicted molar refractivity (Wildman–Crippen MR) is 103 cm³/mol.